The number of esters is 2. The van der Waals surface area contributed by atoms with Crippen LogP contribution in [0.1, 0.15) is 27.7 Å². The third-order valence-electron chi connectivity index (χ3n) is 5.21. The monoisotopic (exact) mass is 364 g/mol. The van der Waals surface area contributed by atoms with Crippen molar-refractivity contribution in [1.82, 2.24) is 0 Å². The molecule has 0 bridgehead atoms. The van der Waals surface area contributed by atoms with Crippen molar-refractivity contribution in [2.45, 2.75) is 40.0 Å². The number of alkyl halides is 6. The van der Waals surface area contributed by atoms with Crippen LogP contribution in [-0.2, 0) is 19.1 Å². The Balaban J connectivity index is 2.84. The van der Waals surface area contributed by atoms with Crippen molar-refractivity contribution in [3.05, 3.63) is 0 Å². The summed E-state index contributed by atoms with van der Waals surface area (Å²) in [4.78, 5) is 24.0. The lowest BCUT2D eigenvalue weighted by molar-refractivity contribution is -0.238. The van der Waals surface area contributed by atoms with Gasteiger partial charge in [-0.05, 0) is 25.7 Å². The predicted molar refractivity (Wildman–Crippen MR) is 68.6 cm³/mol. The average Bonchev–Trinajstić information content (AvgIpc) is 2.45. The number of rotatable bonds is 4. The van der Waals surface area contributed by atoms with E-state index in [2.05, 4.69) is 9.47 Å². The van der Waals surface area contributed by atoms with Crippen LogP contribution in [0.5, 0.6) is 0 Å². The summed E-state index contributed by atoms with van der Waals surface area (Å²) in [6.07, 6.45) is -9.39. The normalized spacial score (nSPS) is 33.6. The fraction of sp³-hybridized carbons (Fsp3) is 0.857. The first-order valence-electron chi connectivity index (χ1n) is 7.04. The lowest BCUT2D eigenvalue weighted by Gasteiger charge is -2.60. The van der Waals surface area contributed by atoms with Crippen LogP contribution in [0.25, 0.3) is 0 Å². The lowest BCUT2D eigenvalue weighted by atomic mass is 9.41. The Morgan fingerprint density at radius 1 is 0.792 bits per heavy atom. The molecule has 0 saturated heterocycles. The van der Waals surface area contributed by atoms with Crippen molar-refractivity contribution in [1.29, 1.82) is 0 Å². The van der Waals surface area contributed by atoms with E-state index in [0.29, 0.717) is 0 Å². The van der Waals surface area contributed by atoms with Gasteiger partial charge in [0.15, 0.2) is 13.2 Å². The Hall–Kier alpha value is -1.48. The van der Waals surface area contributed by atoms with Crippen LogP contribution in [-0.4, -0.2) is 37.5 Å². The minimum absolute atomic E-state index is 0.860. The van der Waals surface area contributed by atoms with E-state index in [9.17, 15) is 35.9 Å². The zero-order valence-electron chi connectivity index (χ0n) is 13.5. The van der Waals surface area contributed by atoms with Crippen molar-refractivity contribution < 1.29 is 45.4 Å². The standard InChI is InChI=1S/C14H18F6O4/c1-7-11(3,9(21)23-5-13(15,16)17)8(2)12(7,4)10(22)24-6-14(18,19)20/h7-8H,5-6H2,1-4H3. The van der Waals surface area contributed by atoms with Gasteiger partial charge in [-0.15, -0.1) is 0 Å². The predicted octanol–water partition coefficient (Wildman–Crippen LogP) is 3.50. The summed E-state index contributed by atoms with van der Waals surface area (Å²) in [5.41, 5.74) is -2.87. The molecule has 1 aliphatic rings. The number of ether oxygens (including phenoxy) is 2. The summed E-state index contributed by atoms with van der Waals surface area (Å²) in [5.74, 6) is -4.02. The molecule has 10 heteroatoms. The van der Waals surface area contributed by atoms with E-state index in [-0.39, 0.29) is 0 Å². The van der Waals surface area contributed by atoms with Crippen molar-refractivity contribution in [2.24, 2.45) is 22.7 Å². The summed E-state index contributed by atoms with van der Waals surface area (Å²) in [5, 5.41) is 0. The minimum Gasteiger partial charge on any atom is -0.456 e. The molecule has 4 nitrogen and oxygen atoms in total. The Morgan fingerprint density at radius 2 is 1.04 bits per heavy atom. The van der Waals surface area contributed by atoms with Gasteiger partial charge in [0.1, 0.15) is 0 Å². The molecular formula is C14H18F6O4. The van der Waals surface area contributed by atoms with Crippen molar-refractivity contribution in [2.75, 3.05) is 13.2 Å². The van der Waals surface area contributed by atoms with Crippen LogP contribution in [0.15, 0.2) is 0 Å². The highest BCUT2D eigenvalue weighted by atomic mass is 19.4. The van der Waals surface area contributed by atoms with E-state index in [1.54, 1.807) is 0 Å². The fourth-order valence-electron chi connectivity index (χ4n) is 3.21. The van der Waals surface area contributed by atoms with Gasteiger partial charge in [-0.2, -0.15) is 26.3 Å². The average molecular weight is 364 g/mol. The first-order valence-corrected chi connectivity index (χ1v) is 7.04. The molecule has 1 rings (SSSR count). The van der Waals surface area contributed by atoms with Crippen LogP contribution in [0.4, 0.5) is 26.3 Å². The van der Waals surface area contributed by atoms with Gasteiger partial charge in [0, 0.05) is 0 Å². The van der Waals surface area contributed by atoms with Crippen LogP contribution < -0.4 is 0 Å². The molecule has 0 atom stereocenters. The second-order valence-corrected chi connectivity index (χ2v) is 6.39. The smallest absolute Gasteiger partial charge is 0.422 e. The molecule has 0 spiro atoms. The largest absolute Gasteiger partial charge is 0.456 e. The molecule has 1 fully saturated rings. The second-order valence-electron chi connectivity index (χ2n) is 6.39. The number of carbonyl (C=O) groups excluding carboxylic acids is 2. The van der Waals surface area contributed by atoms with Gasteiger partial charge >= 0.3 is 24.3 Å². The molecular weight excluding hydrogens is 346 g/mol. The maximum atomic E-state index is 12.2. The highest BCUT2D eigenvalue weighted by molar-refractivity contribution is 5.87. The van der Waals surface area contributed by atoms with Gasteiger partial charge < -0.3 is 9.47 Å². The Kier molecular flexibility index (Phi) is 5.23. The number of halogens is 6. The third-order valence-corrected chi connectivity index (χ3v) is 5.21. The molecule has 0 heterocycles. The zero-order valence-corrected chi connectivity index (χ0v) is 13.5. The molecule has 0 N–H and O–H groups in total. The summed E-state index contributed by atoms with van der Waals surface area (Å²) >= 11 is 0. The van der Waals surface area contributed by atoms with Crippen molar-refractivity contribution >= 4 is 11.9 Å². The topological polar surface area (TPSA) is 52.6 Å². The van der Waals surface area contributed by atoms with Crippen LogP contribution >= 0.6 is 0 Å². The number of carbonyl (C=O) groups is 2. The van der Waals surface area contributed by atoms with Crippen LogP contribution in [0.2, 0.25) is 0 Å². The summed E-state index contributed by atoms with van der Waals surface area (Å²) < 4.78 is 81.4. The quantitative estimate of drug-likeness (QED) is 0.566. The van der Waals surface area contributed by atoms with E-state index in [1.807, 2.05) is 0 Å². The number of hydrogen-bond donors (Lipinski definition) is 0. The third kappa shape index (κ3) is 3.61. The molecule has 24 heavy (non-hydrogen) atoms. The molecule has 0 unspecified atom stereocenters. The molecule has 0 aromatic heterocycles. The van der Waals surface area contributed by atoms with Gasteiger partial charge in [-0.3, -0.25) is 9.59 Å². The summed E-state index contributed by atoms with van der Waals surface area (Å²) in [6, 6.07) is 0. The molecule has 0 aromatic carbocycles. The highest BCUT2D eigenvalue weighted by Gasteiger charge is 2.70. The van der Waals surface area contributed by atoms with E-state index < -0.39 is 60.2 Å². The van der Waals surface area contributed by atoms with Crippen LogP contribution in [0.3, 0.4) is 0 Å². The molecule has 1 saturated carbocycles. The number of hydrogen-bond acceptors (Lipinski definition) is 4. The van der Waals surface area contributed by atoms with Gasteiger partial charge in [-0.1, -0.05) is 13.8 Å². The molecule has 0 radical (unpaired) electrons. The first-order chi connectivity index (χ1) is 10.6. The van der Waals surface area contributed by atoms with E-state index in [1.165, 1.54) is 27.7 Å². The van der Waals surface area contributed by atoms with Crippen LogP contribution in [0, 0.1) is 22.7 Å². The molecule has 1 aliphatic carbocycles. The van der Waals surface area contributed by atoms with Gasteiger partial charge in [-0.25, -0.2) is 0 Å². The first kappa shape index (κ1) is 20.6. The summed E-state index contributed by atoms with van der Waals surface area (Å²) in [6.45, 7) is 1.89. The summed E-state index contributed by atoms with van der Waals surface area (Å²) in [7, 11) is 0. The van der Waals surface area contributed by atoms with Gasteiger partial charge in [0.2, 0.25) is 0 Å². The SMILES string of the molecule is CC1C(C)(C(=O)OCC(F)(F)F)C(C)C1(C)C(=O)OCC(F)(F)F. The van der Waals surface area contributed by atoms with E-state index in [4.69, 9.17) is 0 Å². The Morgan fingerprint density at radius 3 is 1.25 bits per heavy atom. The lowest BCUT2D eigenvalue weighted by Crippen LogP contribution is -2.67. The Labute approximate surface area is 134 Å². The van der Waals surface area contributed by atoms with E-state index in [0.717, 1.165) is 0 Å². The Bertz CT molecular complexity index is 456. The van der Waals surface area contributed by atoms with Crippen molar-refractivity contribution in [3.63, 3.8) is 0 Å². The highest BCUT2D eigenvalue weighted by Crippen LogP contribution is 2.64. The maximum absolute atomic E-state index is 12.2. The van der Waals surface area contributed by atoms with E-state index >= 15 is 0 Å². The van der Waals surface area contributed by atoms with Crippen molar-refractivity contribution in [3.8, 4) is 0 Å². The second kappa shape index (κ2) is 6.11. The van der Waals surface area contributed by atoms with Gasteiger partial charge in [0.05, 0.1) is 10.8 Å². The molecule has 0 amide bonds. The maximum Gasteiger partial charge on any atom is 0.422 e. The molecule has 0 aromatic rings. The fourth-order valence-corrected chi connectivity index (χ4v) is 3.21. The zero-order chi connectivity index (χ0) is 19.1. The molecule has 0 aliphatic heterocycles. The molecule has 140 valence electrons. The minimum atomic E-state index is -4.70. The van der Waals surface area contributed by atoms with Gasteiger partial charge in [0.25, 0.3) is 0 Å².